The summed E-state index contributed by atoms with van der Waals surface area (Å²) in [4.78, 5) is 14.0. The molecular weight excluding hydrogens is 185 g/mol. The van der Waals surface area contributed by atoms with Crippen molar-refractivity contribution >= 4 is 5.97 Å². The van der Waals surface area contributed by atoms with Gasteiger partial charge < -0.3 is 14.6 Å². The fourth-order valence-electron chi connectivity index (χ4n) is 0.805. The van der Waals surface area contributed by atoms with Crippen molar-refractivity contribution in [1.29, 1.82) is 0 Å². The topological polar surface area (TPSA) is 80.1 Å². The molecule has 66 valence electrons. The number of hydrogen-bond donors (Lipinski definition) is 0. The Kier molecular flexibility index (Phi) is 5.16. The van der Waals surface area contributed by atoms with Gasteiger partial charge in [0.05, 0.1) is 0 Å². The molecule has 13 heavy (non-hydrogen) atoms. The van der Waals surface area contributed by atoms with Crippen LogP contribution >= 0.6 is 0 Å². The van der Waals surface area contributed by atoms with E-state index in [9.17, 15) is 9.90 Å². The summed E-state index contributed by atoms with van der Waals surface area (Å²) in [5.74, 6) is -1.20. The van der Waals surface area contributed by atoms with E-state index in [1.807, 2.05) is 0 Å². The Hall–Kier alpha value is -0.430. The smallest absolute Gasteiger partial charge is 0.542 e. The first-order chi connectivity index (χ1) is 5.65. The van der Waals surface area contributed by atoms with E-state index in [4.69, 9.17) is 4.74 Å². The van der Waals surface area contributed by atoms with Gasteiger partial charge in [0.1, 0.15) is 12.6 Å². The van der Waals surface area contributed by atoms with Crippen molar-refractivity contribution in [1.82, 2.24) is 14.8 Å². The van der Waals surface area contributed by atoms with Crippen molar-refractivity contribution in [3.05, 3.63) is 11.6 Å². The van der Waals surface area contributed by atoms with Gasteiger partial charge in [-0.2, -0.15) is 5.10 Å². The maximum absolute atomic E-state index is 10.4. The molecule has 0 spiro atoms. The van der Waals surface area contributed by atoms with Crippen LogP contribution in [-0.2, 0) is 18.4 Å². The molecular formula is C6H8N3NaO3. The van der Waals surface area contributed by atoms with Gasteiger partial charge >= 0.3 is 29.6 Å². The Labute approximate surface area is 97.2 Å². The first-order valence-corrected chi connectivity index (χ1v) is 3.25. The second-order valence-corrected chi connectivity index (χ2v) is 2.20. The van der Waals surface area contributed by atoms with Gasteiger partial charge in [-0.05, 0) is 0 Å². The number of methoxy groups -OCH3 is 1. The third-order valence-electron chi connectivity index (χ3n) is 1.26. The molecule has 0 unspecified atom stereocenters. The molecule has 0 amide bonds. The molecule has 1 rings (SSSR count). The van der Waals surface area contributed by atoms with Gasteiger partial charge in [-0.3, -0.25) is 0 Å². The first-order valence-electron chi connectivity index (χ1n) is 3.25. The number of ether oxygens (including phenoxy) is 1. The average molecular weight is 193 g/mol. The van der Waals surface area contributed by atoms with Crippen LogP contribution in [0.25, 0.3) is 0 Å². The number of carbonyl (C=O) groups excluding carboxylic acids is 1. The zero-order chi connectivity index (χ0) is 9.14. The zero-order valence-corrected chi connectivity index (χ0v) is 9.77. The SMILES string of the molecule is COCc1nc(C(=O)[O-])n(C)n1.[Na+]. The molecule has 7 heteroatoms. The Balaban J connectivity index is 0.00000144. The summed E-state index contributed by atoms with van der Waals surface area (Å²) in [5.41, 5.74) is 0. The molecule has 0 saturated heterocycles. The minimum Gasteiger partial charge on any atom is -0.542 e. The van der Waals surface area contributed by atoms with Crippen molar-refractivity contribution in [2.45, 2.75) is 6.61 Å². The number of aryl methyl sites for hydroxylation is 1. The maximum atomic E-state index is 10.4. The van der Waals surface area contributed by atoms with Crippen LogP contribution in [0.3, 0.4) is 0 Å². The van der Waals surface area contributed by atoms with Crippen molar-refractivity contribution in [3.63, 3.8) is 0 Å². The van der Waals surface area contributed by atoms with E-state index < -0.39 is 5.97 Å². The predicted octanol–water partition coefficient (Wildman–Crippen LogP) is -4.67. The van der Waals surface area contributed by atoms with Gasteiger partial charge in [0.25, 0.3) is 0 Å². The Morgan fingerprint density at radius 2 is 2.31 bits per heavy atom. The molecule has 0 N–H and O–H groups in total. The molecule has 1 heterocycles. The van der Waals surface area contributed by atoms with Crippen LogP contribution in [0.4, 0.5) is 0 Å². The van der Waals surface area contributed by atoms with Gasteiger partial charge in [0, 0.05) is 14.2 Å². The van der Waals surface area contributed by atoms with Crippen molar-refractivity contribution in [3.8, 4) is 0 Å². The first kappa shape index (κ1) is 12.6. The molecule has 6 nitrogen and oxygen atoms in total. The van der Waals surface area contributed by atoms with E-state index in [2.05, 4.69) is 10.1 Å². The van der Waals surface area contributed by atoms with E-state index in [0.29, 0.717) is 5.82 Å². The number of aromatic carboxylic acids is 1. The van der Waals surface area contributed by atoms with E-state index in [0.717, 1.165) is 4.68 Å². The van der Waals surface area contributed by atoms with E-state index in [-0.39, 0.29) is 42.0 Å². The van der Waals surface area contributed by atoms with Crippen LogP contribution in [-0.4, -0.2) is 27.8 Å². The van der Waals surface area contributed by atoms with Crippen LogP contribution in [0.5, 0.6) is 0 Å². The maximum Gasteiger partial charge on any atom is 1.00 e. The summed E-state index contributed by atoms with van der Waals surface area (Å²) in [6.07, 6.45) is 0. The summed E-state index contributed by atoms with van der Waals surface area (Å²) >= 11 is 0. The van der Waals surface area contributed by atoms with Gasteiger partial charge in [-0.15, -0.1) is 0 Å². The van der Waals surface area contributed by atoms with E-state index in [1.165, 1.54) is 14.2 Å². The molecule has 0 aliphatic rings. The average Bonchev–Trinajstić information content (AvgIpc) is 2.32. The van der Waals surface area contributed by atoms with Crippen molar-refractivity contribution in [2.24, 2.45) is 7.05 Å². The number of hydrogen-bond acceptors (Lipinski definition) is 5. The third-order valence-corrected chi connectivity index (χ3v) is 1.26. The van der Waals surface area contributed by atoms with Gasteiger partial charge in [-0.1, -0.05) is 0 Å². The Bertz CT molecular complexity index is 299. The van der Waals surface area contributed by atoms with Gasteiger partial charge in [0.15, 0.2) is 11.6 Å². The quantitative estimate of drug-likeness (QED) is 0.451. The van der Waals surface area contributed by atoms with Crippen LogP contribution in [0.2, 0.25) is 0 Å². The predicted molar refractivity (Wildman–Crippen MR) is 36.0 cm³/mol. The second-order valence-electron chi connectivity index (χ2n) is 2.20. The number of carbonyl (C=O) groups is 1. The molecule has 0 atom stereocenters. The minimum absolute atomic E-state index is 0. The zero-order valence-electron chi connectivity index (χ0n) is 7.77. The molecule has 0 radical (unpaired) electrons. The third kappa shape index (κ3) is 3.07. The summed E-state index contributed by atoms with van der Waals surface area (Å²) in [6.45, 7) is 0.196. The molecule has 1 aromatic rings. The minimum atomic E-state index is -1.34. The number of carboxylic acid groups (broad SMARTS) is 1. The normalized spacial score (nSPS) is 9.38. The standard InChI is InChI=1S/C6H9N3O3.Na/c1-9-5(6(10)11)7-4(8-9)3-12-2;/h3H2,1-2H3,(H,10,11);/q;+1/p-1. The Morgan fingerprint density at radius 1 is 1.69 bits per heavy atom. The fourth-order valence-corrected chi connectivity index (χ4v) is 0.805. The van der Waals surface area contributed by atoms with Gasteiger partial charge in [-0.25, -0.2) is 9.67 Å². The molecule has 0 bridgehead atoms. The van der Waals surface area contributed by atoms with Crippen LogP contribution < -0.4 is 34.7 Å². The largest absolute Gasteiger partial charge is 1.00 e. The number of carboxylic acids is 1. The monoisotopic (exact) mass is 193 g/mol. The van der Waals surface area contributed by atoms with Crippen molar-refractivity contribution < 1.29 is 44.2 Å². The summed E-state index contributed by atoms with van der Waals surface area (Å²) in [6, 6.07) is 0. The van der Waals surface area contributed by atoms with Crippen LogP contribution in [0.1, 0.15) is 16.4 Å². The molecule has 0 aliphatic carbocycles. The van der Waals surface area contributed by atoms with Crippen LogP contribution in [0, 0.1) is 0 Å². The number of aromatic nitrogens is 3. The van der Waals surface area contributed by atoms with E-state index in [1.54, 1.807) is 0 Å². The van der Waals surface area contributed by atoms with Crippen molar-refractivity contribution in [2.75, 3.05) is 7.11 Å². The molecule has 0 fully saturated rings. The Morgan fingerprint density at radius 3 is 2.69 bits per heavy atom. The summed E-state index contributed by atoms with van der Waals surface area (Å²) in [5, 5.41) is 14.1. The summed E-state index contributed by atoms with van der Waals surface area (Å²) < 4.78 is 5.87. The molecule has 0 saturated carbocycles. The number of nitrogens with zero attached hydrogens (tertiary/aromatic N) is 3. The second kappa shape index (κ2) is 5.33. The van der Waals surface area contributed by atoms with E-state index >= 15 is 0 Å². The van der Waals surface area contributed by atoms with Crippen LogP contribution in [0.15, 0.2) is 0 Å². The number of rotatable bonds is 3. The fraction of sp³-hybridized carbons (Fsp3) is 0.500. The molecule has 1 aromatic heterocycles. The van der Waals surface area contributed by atoms with Gasteiger partial charge in [0.2, 0.25) is 0 Å². The molecule has 0 aromatic carbocycles. The summed E-state index contributed by atoms with van der Waals surface area (Å²) in [7, 11) is 2.96. The molecule has 0 aliphatic heterocycles.